The van der Waals surface area contributed by atoms with Crippen LogP contribution in [0.25, 0.3) is 0 Å². The molecule has 0 heterocycles. The minimum Gasteiger partial charge on any atom is -0.496 e. The number of nitrogens with zero attached hydrogens (tertiary/aromatic N) is 1. The summed E-state index contributed by atoms with van der Waals surface area (Å²) >= 11 is 0. The number of aliphatic imine (C=N–C) groups is 1. The molecule has 2 atom stereocenters. The molecule has 132 valence electrons. The first-order chi connectivity index (χ1) is 12.2. The molecule has 1 aliphatic rings. The van der Waals surface area contributed by atoms with E-state index in [2.05, 4.69) is 71.1 Å². The van der Waals surface area contributed by atoms with Crippen molar-refractivity contribution < 1.29 is 4.74 Å². The molecule has 0 spiro atoms. The van der Waals surface area contributed by atoms with Gasteiger partial charge in [-0.3, -0.25) is 4.99 Å². The van der Waals surface area contributed by atoms with E-state index >= 15 is 0 Å². The van der Waals surface area contributed by atoms with Gasteiger partial charge in [0.2, 0.25) is 0 Å². The Morgan fingerprint density at radius 2 is 2.00 bits per heavy atom. The Morgan fingerprint density at radius 1 is 1.20 bits per heavy atom. The van der Waals surface area contributed by atoms with Gasteiger partial charge < -0.3 is 15.4 Å². The van der Waals surface area contributed by atoms with Crippen molar-refractivity contribution in [2.75, 3.05) is 20.7 Å². The van der Waals surface area contributed by atoms with Crippen LogP contribution in [0.4, 0.5) is 0 Å². The molecule has 2 unspecified atom stereocenters. The molecule has 25 heavy (non-hydrogen) atoms. The van der Waals surface area contributed by atoms with Crippen molar-refractivity contribution in [3.05, 3.63) is 65.2 Å². The Morgan fingerprint density at radius 3 is 2.72 bits per heavy atom. The Balaban J connectivity index is 1.46. The summed E-state index contributed by atoms with van der Waals surface area (Å²) in [4.78, 5) is 4.35. The summed E-state index contributed by atoms with van der Waals surface area (Å²) in [5.41, 5.74) is 3.83. The molecule has 1 fully saturated rings. The molecule has 3 rings (SSSR count). The van der Waals surface area contributed by atoms with Gasteiger partial charge in [-0.15, -0.1) is 0 Å². The molecule has 2 aromatic carbocycles. The number of nitrogens with one attached hydrogen (secondary N) is 2. The molecule has 1 saturated carbocycles. The number of hydrogen-bond acceptors (Lipinski definition) is 2. The van der Waals surface area contributed by atoms with E-state index < -0.39 is 0 Å². The van der Waals surface area contributed by atoms with E-state index in [1.54, 1.807) is 7.11 Å². The van der Waals surface area contributed by atoms with Gasteiger partial charge in [-0.25, -0.2) is 0 Å². The summed E-state index contributed by atoms with van der Waals surface area (Å²) in [6.45, 7) is 2.90. The van der Waals surface area contributed by atoms with E-state index in [4.69, 9.17) is 4.74 Å². The van der Waals surface area contributed by atoms with Crippen LogP contribution in [-0.4, -0.2) is 32.7 Å². The van der Waals surface area contributed by atoms with E-state index in [-0.39, 0.29) is 0 Å². The van der Waals surface area contributed by atoms with Crippen LogP contribution in [-0.2, 0) is 6.42 Å². The minimum atomic E-state index is 0.480. The summed E-state index contributed by atoms with van der Waals surface area (Å²) in [6.07, 6.45) is 2.10. The highest BCUT2D eigenvalue weighted by Crippen LogP contribution is 2.40. The van der Waals surface area contributed by atoms with Crippen molar-refractivity contribution in [1.29, 1.82) is 0 Å². The molecule has 0 aromatic heterocycles. The fourth-order valence-electron chi connectivity index (χ4n) is 3.14. The third-order valence-corrected chi connectivity index (χ3v) is 4.74. The van der Waals surface area contributed by atoms with Crippen LogP contribution in [0, 0.1) is 6.92 Å². The highest BCUT2D eigenvalue weighted by molar-refractivity contribution is 5.80. The van der Waals surface area contributed by atoms with Gasteiger partial charge in [-0.05, 0) is 42.5 Å². The Kier molecular flexibility index (Phi) is 5.59. The van der Waals surface area contributed by atoms with Gasteiger partial charge in [0.05, 0.1) is 7.11 Å². The summed E-state index contributed by atoms with van der Waals surface area (Å²) < 4.78 is 5.39. The van der Waals surface area contributed by atoms with Gasteiger partial charge in [-0.1, -0.05) is 42.5 Å². The predicted molar refractivity (Wildman–Crippen MR) is 104 cm³/mol. The normalized spacial score (nSPS) is 19.4. The first kappa shape index (κ1) is 17.3. The van der Waals surface area contributed by atoms with Gasteiger partial charge in [-0.2, -0.15) is 0 Å². The monoisotopic (exact) mass is 337 g/mol. The smallest absolute Gasteiger partial charge is 0.191 e. The maximum Gasteiger partial charge on any atom is 0.191 e. The maximum absolute atomic E-state index is 5.39. The van der Waals surface area contributed by atoms with Crippen molar-refractivity contribution in [2.45, 2.75) is 31.7 Å². The van der Waals surface area contributed by atoms with Crippen molar-refractivity contribution in [2.24, 2.45) is 4.99 Å². The second-order valence-electron chi connectivity index (χ2n) is 6.56. The van der Waals surface area contributed by atoms with Crippen LogP contribution < -0.4 is 15.4 Å². The Hall–Kier alpha value is -2.49. The second-order valence-corrected chi connectivity index (χ2v) is 6.56. The van der Waals surface area contributed by atoms with E-state index in [9.17, 15) is 0 Å². The molecule has 4 nitrogen and oxygen atoms in total. The molecule has 4 heteroatoms. The van der Waals surface area contributed by atoms with E-state index in [0.717, 1.165) is 30.2 Å². The first-order valence-corrected chi connectivity index (χ1v) is 8.87. The van der Waals surface area contributed by atoms with Crippen molar-refractivity contribution in [1.82, 2.24) is 10.6 Å². The Bertz CT molecular complexity index is 727. The summed E-state index contributed by atoms with van der Waals surface area (Å²) in [5.74, 6) is 2.42. The van der Waals surface area contributed by atoms with Crippen molar-refractivity contribution in [3.63, 3.8) is 0 Å². The van der Waals surface area contributed by atoms with Gasteiger partial charge in [0.25, 0.3) is 0 Å². The molecule has 2 aromatic rings. The van der Waals surface area contributed by atoms with Crippen molar-refractivity contribution in [3.8, 4) is 5.75 Å². The number of rotatable bonds is 6. The number of ether oxygens (including phenoxy) is 1. The SMILES string of the molecule is CN=C(NCCc1ccc(C)c(OC)c1)NC1CC1c1ccccc1. The number of methoxy groups -OCH3 is 1. The zero-order valence-electron chi connectivity index (χ0n) is 15.3. The van der Waals surface area contributed by atoms with Crippen molar-refractivity contribution >= 4 is 5.96 Å². The average Bonchev–Trinajstić information content (AvgIpc) is 3.42. The first-order valence-electron chi connectivity index (χ1n) is 8.87. The van der Waals surface area contributed by atoms with Gasteiger partial charge in [0.1, 0.15) is 5.75 Å². The molecular formula is C21H27N3O. The third kappa shape index (κ3) is 4.53. The van der Waals surface area contributed by atoms with Crippen LogP contribution in [0.3, 0.4) is 0 Å². The molecule has 0 saturated heterocycles. The molecule has 1 aliphatic carbocycles. The summed E-state index contributed by atoms with van der Waals surface area (Å²) in [6, 6.07) is 17.5. The lowest BCUT2D eigenvalue weighted by atomic mass is 10.1. The highest BCUT2D eigenvalue weighted by Gasteiger charge is 2.38. The number of guanidine groups is 1. The average molecular weight is 337 g/mol. The topological polar surface area (TPSA) is 45.7 Å². The van der Waals surface area contributed by atoms with Gasteiger partial charge in [0.15, 0.2) is 5.96 Å². The fraction of sp³-hybridized carbons (Fsp3) is 0.381. The molecule has 0 aliphatic heterocycles. The molecule has 2 N–H and O–H groups in total. The lowest BCUT2D eigenvalue weighted by Crippen LogP contribution is -2.39. The third-order valence-electron chi connectivity index (χ3n) is 4.74. The van der Waals surface area contributed by atoms with Gasteiger partial charge in [0, 0.05) is 25.6 Å². The zero-order chi connectivity index (χ0) is 17.6. The lowest BCUT2D eigenvalue weighted by Gasteiger charge is -2.13. The van der Waals surface area contributed by atoms with Crippen LogP contribution >= 0.6 is 0 Å². The lowest BCUT2D eigenvalue weighted by molar-refractivity contribution is 0.411. The Labute approximate surface area is 150 Å². The molecular weight excluding hydrogens is 310 g/mol. The number of hydrogen-bond donors (Lipinski definition) is 2. The van der Waals surface area contributed by atoms with E-state index in [1.165, 1.54) is 17.5 Å². The van der Waals surface area contributed by atoms with Crippen LogP contribution in [0.15, 0.2) is 53.5 Å². The largest absolute Gasteiger partial charge is 0.496 e. The van der Waals surface area contributed by atoms with E-state index in [0.29, 0.717) is 12.0 Å². The standard InChI is InChI=1S/C21H27N3O/c1-15-9-10-16(13-20(15)25-3)11-12-23-21(22-2)24-19-14-18(19)17-7-5-4-6-8-17/h4-10,13,18-19H,11-12,14H2,1-3H3,(H2,22,23,24). The maximum atomic E-state index is 5.39. The predicted octanol–water partition coefficient (Wildman–Crippen LogP) is 3.27. The number of aryl methyl sites for hydroxylation is 1. The fourth-order valence-corrected chi connectivity index (χ4v) is 3.14. The minimum absolute atomic E-state index is 0.480. The summed E-state index contributed by atoms with van der Waals surface area (Å²) in [7, 11) is 3.54. The highest BCUT2D eigenvalue weighted by atomic mass is 16.5. The second kappa shape index (κ2) is 8.06. The van der Waals surface area contributed by atoms with Crippen LogP contribution in [0.2, 0.25) is 0 Å². The quantitative estimate of drug-likeness (QED) is 0.628. The molecule has 0 bridgehead atoms. The summed E-state index contributed by atoms with van der Waals surface area (Å²) in [5, 5.41) is 6.93. The zero-order valence-corrected chi connectivity index (χ0v) is 15.3. The van der Waals surface area contributed by atoms with Gasteiger partial charge >= 0.3 is 0 Å². The van der Waals surface area contributed by atoms with E-state index in [1.807, 2.05) is 7.05 Å². The number of benzene rings is 2. The van der Waals surface area contributed by atoms with Crippen LogP contribution in [0.1, 0.15) is 29.0 Å². The molecule has 0 radical (unpaired) electrons. The molecule has 0 amide bonds. The van der Waals surface area contributed by atoms with Crippen LogP contribution in [0.5, 0.6) is 5.75 Å².